The van der Waals surface area contributed by atoms with Crippen LogP contribution in [0.25, 0.3) is 11.3 Å². The maximum Gasteiger partial charge on any atom is 0.341 e. The predicted octanol–water partition coefficient (Wildman–Crippen LogP) is 3.93. The van der Waals surface area contributed by atoms with Crippen LogP contribution in [0.3, 0.4) is 0 Å². The van der Waals surface area contributed by atoms with E-state index >= 15 is 0 Å². The molecule has 10 heteroatoms. The van der Waals surface area contributed by atoms with E-state index in [1.54, 1.807) is 31.4 Å². The Hall–Kier alpha value is -3.14. The molecule has 1 saturated heterocycles. The zero-order valence-electron chi connectivity index (χ0n) is 18.9. The van der Waals surface area contributed by atoms with Crippen molar-refractivity contribution in [3.8, 4) is 11.3 Å². The molecule has 2 aromatic heterocycles. The molecule has 2 fully saturated rings. The Morgan fingerprint density at radius 1 is 1.33 bits per heavy atom. The Bertz CT molecular complexity index is 1110. The van der Waals surface area contributed by atoms with Gasteiger partial charge in [0.25, 0.3) is 5.91 Å². The van der Waals surface area contributed by atoms with Crippen molar-refractivity contribution in [1.29, 1.82) is 0 Å². The molecule has 1 aliphatic heterocycles. The summed E-state index contributed by atoms with van der Waals surface area (Å²) in [5.74, 6) is -0.367. The number of hydrogen-bond donors (Lipinski definition) is 2. The largest absolute Gasteiger partial charge is 0.462 e. The molecule has 2 aromatic rings. The number of ether oxygens (including phenoxy) is 1. The number of nitrogens with zero attached hydrogens (tertiary/aromatic N) is 1. The van der Waals surface area contributed by atoms with Crippen LogP contribution in [0.1, 0.15) is 55.6 Å². The van der Waals surface area contributed by atoms with Crippen molar-refractivity contribution >= 4 is 40.2 Å². The zero-order chi connectivity index (χ0) is 23.8. The molecule has 176 valence electrons. The van der Waals surface area contributed by atoms with E-state index in [0.717, 1.165) is 35.5 Å². The lowest BCUT2D eigenvalue weighted by Crippen LogP contribution is -2.54. The first-order valence-corrected chi connectivity index (χ1v) is 11.9. The molecule has 3 heterocycles. The molecule has 0 radical (unpaired) electrons. The highest BCUT2D eigenvalue weighted by Crippen LogP contribution is 2.39. The van der Waals surface area contributed by atoms with E-state index in [9.17, 15) is 19.2 Å². The van der Waals surface area contributed by atoms with Gasteiger partial charge in [-0.25, -0.2) is 9.59 Å². The zero-order valence-corrected chi connectivity index (χ0v) is 19.7. The third kappa shape index (κ3) is 4.15. The fourth-order valence-corrected chi connectivity index (χ4v) is 5.52. The smallest absolute Gasteiger partial charge is 0.341 e. The maximum absolute atomic E-state index is 13.1. The van der Waals surface area contributed by atoms with Gasteiger partial charge in [-0.05, 0) is 44.7 Å². The number of hydrogen-bond acceptors (Lipinski definition) is 7. The van der Waals surface area contributed by atoms with Gasteiger partial charge in [0.15, 0.2) is 0 Å². The molecule has 33 heavy (non-hydrogen) atoms. The number of carbonyl (C=O) groups is 4. The highest BCUT2D eigenvalue weighted by atomic mass is 32.1. The number of carbonyl (C=O) groups excluding carboxylic acids is 4. The number of urea groups is 1. The minimum absolute atomic E-state index is 0.00258. The Morgan fingerprint density at radius 2 is 2.12 bits per heavy atom. The predicted molar refractivity (Wildman–Crippen MR) is 122 cm³/mol. The van der Waals surface area contributed by atoms with Gasteiger partial charge < -0.3 is 19.8 Å². The van der Waals surface area contributed by atoms with Crippen molar-refractivity contribution in [2.24, 2.45) is 5.92 Å². The van der Waals surface area contributed by atoms with E-state index in [0.29, 0.717) is 23.5 Å². The second-order valence-corrected chi connectivity index (χ2v) is 9.35. The Balaban J connectivity index is 1.54. The fourth-order valence-electron chi connectivity index (χ4n) is 4.57. The second kappa shape index (κ2) is 9.01. The number of anilines is 1. The first kappa shape index (κ1) is 23.0. The van der Waals surface area contributed by atoms with Gasteiger partial charge in [0, 0.05) is 10.9 Å². The van der Waals surface area contributed by atoms with Crippen LogP contribution in [0.4, 0.5) is 9.80 Å². The number of thiophene rings is 1. The Kier molecular flexibility index (Phi) is 6.29. The van der Waals surface area contributed by atoms with Crippen molar-refractivity contribution in [3.05, 3.63) is 28.8 Å². The average Bonchev–Trinajstić information content (AvgIpc) is 3.44. The topological polar surface area (TPSA) is 118 Å². The highest BCUT2D eigenvalue weighted by Gasteiger charge is 2.55. The van der Waals surface area contributed by atoms with Crippen LogP contribution in [0.5, 0.6) is 0 Å². The molecule has 1 saturated carbocycles. The quantitative estimate of drug-likeness (QED) is 0.485. The molecule has 9 nitrogen and oxygen atoms in total. The molecule has 2 atom stereocenters. The molecule has 0 unspecified atom stereocenters. The Labute approximate surface area is 195 Å². The van der Waals surface area contributed by atoms with Crippen molar-refractivity contribution in [1.82, 2.24) is 10.2 Å². The summed E-state index contributed by atoms with van der Waals surface area (Å²) in [6.07, 6.45) is 3.28. The summed E-state index contributed by atoms with van der Waals surface area (Å²) in [5.41, 5.74) is -0.246. The first-order valence-electron chi connectivity index (χ1n) is 11.1. The molecule has 0 aromatic carbocycles. The summed E-state index contributed by atoms with van der Waals surface area (Å²) in [5, 5.41) is 7.49. The van der Waals surface area contributed by atoms with E-state index in [2.05, 4.69) is 10.6 Å². The Morgan fingerprint density at radius 3 is 2.79 bits per heavy atom. The SMILES string of the molecule is CCOC(=O)c1c(-c2ccc(C)o2)csc1NC(=O)CN1C(=O)N[C@]2(CCCC[C@@H]2C)C1=O. The lowest BCUT2D eigenvalue weighted by molar-refractivity contribution is -0.136. The van der Waals surface area contributed by atoms with Crippen molar-refractivity contribution in [3.63, 3.8) is 0 Å². The van der Waals surface area contributed by atoms with Gasteiger partial charge in [0.1, 0.15) is 34.2 Å². The maximum atomic E-state index is 13.1. The van der Waals surface area contributed by atoms with Gasteiger partial charge in [-0.3, -0.25) is 14.5 Å². The number of nitrogens with one attached hydrogen (secondary N) is 2. The van der Waals surface area contributed by atoms with Gasteiger partial charge in [0.05, 0.1) is 6.61 Å². The number of aryl methyl sites for hydroxylation is 1. The van der Waals surface area contributed by atoms with Crippen LogP contribution in [0.2, 0.25) is 0 Å². The number of esters is 1. The molecular formula is C23H27N3O6S. The normalized spacial score (nSPS) is 22.5. The van der Waals surface area contributed by atoms with Gasteiger partial charge in [-0.1, -0.05) is 19.8 Å². The summed E-state index contributed by atoms with van der Waals surface area (Å²) >= 11 is 1.15. The lowest BCUT2D eigenvalue weighted by Gasteiger charge is -2.36. The molecule has 1 spiro atoms. The molecule has 1 aliphatic carbocycles. The molecule has 2 N–H and O–H groups in total. The monoisotopic (exact) mass is 473 g/mol. The van der Waals surface area contributed by atoms with Crippen molar-refractivity contribution < 1.29 is 28.3 Å². The molecule has 2 aliphatic rings. The average molecular weight is 474 g/mol. The van der Waals surface area contributed by atoms with E-state index in [1.165, 1.54) is 0 Å². The molecule has 4 rings (SSSR count). The van der Waals surface area contributed by atoms with Crippen LogP contribution >= 0.6 is 11.3 Å². The summed E-state index contributed by atoms with van der Waals surface area (Å²) in [7, 11) is 0. The lowest BCUT2D eigenvalue weighted by atomic mass is 9.73. The number of rotatable bonds is 6. The number of imide groups is 1. The highest BCUT2D eigenvalue weighted by molar-refractivity contribution is 7.15. The van der Waals surface area contributed by atoms with Crippen molar-refractivity contribution in [2.45, 2.75) is 52.0 Å². The minimum atomic E-state index is -0.932. The second-order valence-electron chi connectivity index (χ2n) is 8.47. The van der Waals surface area contributed by atoms with Gasteiger partial charge >= 0.3 is 12.0 Å². The van der Waals surface area contributed by atoms with Gasteiger partial charge in [-0.2, -0.15) is 0 Å². The summed E-state index contributed by atoms with van der Waals surface area (Å²) < 4.78 is 10.8. The minimum Gasteiger partial charge on any atom is -0.462 e. The summed E-state index contributed by atoms with van der Waals surface area (Å²) in [6.45, 7) is 5.17. The number of furan rings is 1. The first-order chi connectivity index (χ1) is 15.8. The van der Waals surface area contributed by atoms with E-state index in [1.807, 2.05) is 6.92 Å². The third-order valence-corrected chi connectivity index (χ3v) is 7.23. The summed E-state index contributed by atoms with van der Waals surface area (Å²) in [4.78, 5) is 52.2. The van der Waals surface area contributed by atoms with E-state index < -0.39 is 30.0 Å². The number of amides is 4. The van der Waals surface area contributed by atoms with Crippen LogP contribution in [0.15, 0.2) is 21.9 Å². The molecule has 0 bridgehead atoms. The van der Waals surface area contributed by atoms with Crippen LogP contribution < -0.4 is 10.6 Å². The van der Waals surface area contributed by atoms with E-state index in [4.69, 9.17) is 9.15 Å². The van der Waals surface area contributed by atoms with Crippen LogP contribution in [-0.2, 0) is 14.3 Å². The standard InChI is InChI=1S/C23H27N3O6S/c1-4-31-20(28)18-15(16-9-8-14(3)32-16)12-33-19(18)24-17(27)11-26-21(29)23(25-22(26)30)10-6-5-7-13(23)2/h8-9,12-13H,4-7,10-11H2,1-3H3,(H,24,27)(H,25,30)/t13-,23-/m0/s1. The van der Waals surface area contributed by atoms with E-state index in [-0.39, 0.29) is 29.0 Å². The van der Waals surface area contributed by atoms with Crippen LogP contribution in [-0.4, -0.2) is 47.4 Å². The van der Waals surface area contributed by atoms with Crippen molar-refractivity contribution in [2.75, 3.05) is 18.5 Å². The fraction of sp³-hybridized carbons (Fsp3) is 0.478. The molecule has 4 amide bonds. The summed E-state index contributed by atoms with van der Waals surface area (Å²) in [6, 6.07) is 2.95. The van der Waals surface area contributed by atoms with Gasteiger partial charge in [0.2, 0.25) is 5.91 Å². The van der Waals surface area contributed by atoms with Crippen LogP contribution in [0, 0.1) is 12.8 Å². The van der Waals surface area contributed by atoms with Gasteiger partial charge in [-0.15, -0.1) is 11.3 Å². The third-order valence-electron chi connectivity index (χ3n) is 6.33. The molecular weight excluding hydrogens is 446 g/mol.